The normalized spacial score (nSPS) is 15.9. The van der Waals surface area contributed by atoms with Crippen molar-refractivity contribution >= 4 is 45.2 Å². The SMILES string of the molecule is CCCC[C@H](C)[C@H](CC(=O)N[C@@H](Cc1cc2ccccc2s1)C(=O)N[C@@H](C)C(=O)O)OC(=O)[C@H](N)[C@@H](C)CC. The van der Waals surface area contributed by atoms with E-state index in [-0.39, 0.29) is 24.7 Å². The zero-order valence-electron chi connectivity index (χ0n) is 23.6. The smallest absolute Gasteiger partial charge is 0.325 e. The number of carboxylic acids is 1. The first kappa shape index (κ1) is 32.2. The number of hydrogen-bond donors (Lipinski definition) is 4. The number of carboxylic acid groups (broad SMARTS) is 1. The number of thiophene rings is 1. The van der Waals surface area contributed by atoms with Crippen molar-refractivity contribution < 1.29 is 29.0 Å². The Morgan fingerprint density at radius 2 is 1.74 bits per heavy atom. The quantitative estimate of drug-likeness (QED) is 0.226. The highest BCUT2D eigenvalue weighted by atomic mass is 32.1. The summed E-state index contributed by atoms with van der Waals surface area (Å²) in [6.07, 6.45) is 2.72. The Morgan fingerprint density at radius 3 is 2.36 bits per heavy atom. The van der Waals surface area contributed by atoms with Gasteiger partial charge in [0.1, 0.15) is 24.2 Å². The molecule has 0 spiro atoms. The largest absolute Gasteiger partial charge is 0.480 e. The van der Waals surface area contributed by atoms with Gasteiger partial charge in [0.15, 0.2) is 0 Å². The Hall–Kier alpha value is -2.98. The van der Waals surface area contributed by atoms with Crippen molar-refractivity contribution in [3.8, 4) is 0 Å². The molecule has 0 bridgehead atoms. The number of esters is 1. The van der Waals surface area contributed by atoms with Gasteiger partial charge in [-0.05, 0) is 42.7 Å². The summed E-state index contributed by atoms with van der Waals surface area (Å²) in [6.45, 7) is 9.19. The predicted molar refractivity (Wildman–Crippen MR) is 153 cm³/mol. The van der Waals surface area contributed by atoms with Crippen LogP contribution in [0.2, 0.25) is 0 Å². The summed E-state index contributed by atoms with van der Waals surface area (Å²) in [4.78, 5) is 51.3. The molecule has 216 valence electrons. The number of nitrogens with one attached hydrogen (secondary N) is 2. The number of carbonyl (C=O) groups is 4. The van der Waals surface area contributed by atoms with Gasteiger partial charge in [0.05, 0.1) is 6.42 Å². The van der Waals surface area contributed by atoms with Crippen LogP contribution in [0.4, 0.5) is 0 Å². The fraction of sp³-hybridized carbons (Fsp3) is 0.586. The number of aliphatic carboxylic acids is 1. The Bertz CT molecular complexity index is 1090. The van der Waals surface area contributed by atoms with Crippen LogP contribution in [0.3, 0.4) is 0 Å². The van der Waals surface area contributed by atoms with Crippen molar-refractivity contribution in [3.05, 3.63) is 35.2 Å². The van der Waals surface area contributed by atoms with Crippen LogP contribution >= 0.6 is 11.3 Å². The first-order valence-electron chi connectivity index (χ1n) is 13.7. The molecule has 0 aliphatic heterocycles. The van der Waals surface area contributed by atoms with E-state index >= 15 is 0 Å². The molecule has 6 atom stereocenters. The summed E-state index contributed by atoms with van der Waals surface area (Å²) in [7, 11) is 0. The molecule has 0 aliphatic rings. The highest BCUT2D eigenvalue weighted by Gasteiger charge is 2.31. The topological polar surface area (TPSA) is 148 Å². The molecule has 9 nitrogen and oxygen atoms in total. The number of fused-ring (bicyclic) bond motifs is 1. The van der Waals surface area contributed by atoms with Crippen LogP contribution in [0.15, 0.2) is 30.3 Å². The average Bonchev–Trinajstić information content (AvgIpc) is 3.32. The van der Waals surface area contributed by atoms with Crippen LogP contribution < -0.4 is 16.4 Å². The zero-order chi connectivity index (χ0) is 29.1. The van der Waals surface area contributed by atoms with E-state index in [4.69, 9.17) is 10.5 Å². The molecule has 10 heteroatoms. The number of nitrogens with two attached hydrogens (primary N) is 1. The van der Waals surface area contributed by atoms with Gasteiger partial charge in [0.25, 0.3) is 0 Å². The Kier molecular flexibility index (Phi) is 12.9. The number of carbonyl (C=O) groups excluding carboxylic acids is 3. The average molecular weight is 562 g/mol. The predicted octanol–water partition coefficient (Wildman–Crippen LogP) is 4.02. The molecular formula is C29H43N3O6S. The molecule has 1 heterocycles. The molecule has 2 amide bonds. The standard InChI is InChI=1S/C29H43N3O6S/c1-6-8-11-18(4)23(38-29(37)26(30)17(3)7-2)16-25(33)32-22(27(34)31-19(5)28(35)36)15-21-14-20-12-9-10-13-24(20)39-21/h9-10,12-14,17-19,22-23,26H,6-8,11,15-16,30H2,1-5H3,(H,31,34)(H,32,33)(H,35,36)/t17-,18-,19-,22-,23-,26+/m0/s1. The van der Waals surface area contributed by atoms with Gasteiger partial charge >= 0.3 is 11.9 Å². The molecule has 0 fully saturated rings. The summed E-state index contributed by atoms with van der Waals surface area (Å²) in [5.41, 5.74) is 6.08. The van der Waals surface area contributed by atoms with Gasteiger partial charge in [0, 0.05) is 16.0 Å². The van der Waals surface area contributed by atoms with E-state index in [9.17, 15) is 24.3 Å². The third kappa shape index (κ3) is 9.93. The maximum atomic E-state index is 13.2. The van der Waals surface area contributed by atoms with Gasteiger partial charge in [-0.1, -0.05) is 65.2 Å². The van der Waals surface area contributed by atoms with Crippen molar-refractivity contribution in [2.45, 2.75) is 97.4 Å². The third-order valence-corrected chi connectivity index (χ3v) is 8.23. The second kappa shape index (κ2) is 15.6. The zero-order valence-corrected chi connectivity index (χ0v) is 24.4. The first-order valence-corrected chi connectivity index (χ1v) is 14.5. The van der Waals surface area contributed by atoms with Gasteiger partial charge in [-0.25, -0.2) is 0 Å². The van der Waals surface area contributed by atoms with E-state index < -0.39 is 48.0 Å². The van der Waals surface area contributed by atoms with Gasteiger partial charge in [-0.3, -0.25) is 19.2 Å². The second-order valence-electron chi connectivity index (χ2n) is 10.4. The first-order chi connectivity index (χ1) is 18.5. The molecule has 0 radical (unpaired) electrons. The Morgan fingerprint density at radius 1 is 1.05 bits per heavy atom. The molecule has 2 rings (SSSR count). The molecule has 1 aromatic heterocycles. The Labute approximate surface area is 234 Å². The fourth-order valence-electron chi connectivity index (χ4n) is 4.14. The Balaban J connectivity index is 2.21. The van der Waals surface area contributed by atoms with Crippen molar-refractivity contribution in [3.63, 3.8) is 0 Å². The number of unbranched alkanes of at least 4 members (excludes halogenated alkanes) is 1. The van der Waals surface area contributed by atoms with Crippen LogP contribution in [-0.4, -0.2) is 53.1 Å². The molecule has 0 unspecified atom stereocenters. The van der Waals surface area contributed by atoms with E-state index in [0.29, 0.717) is 0 Å². The molecule has 39 heavy (non-hydrogen) atoms. The number of ether oxygens (including phenoxy) is 1. The van der Waals surface area contributed by atoms with Crippen molar-refractivity contribution in [1.82, 2.24) is 10.6 Å². The summed E-state index contributed by atoms with van der Waals surface area (Å²) in [5, 5.41) is 15.5. The number of hydrogen-bond acceptors (Lipinski definition) is 7. The highest BCUT2D eigenvalue weighted by Crippen LogP contribution is 2.26. The van der Waals surface area contributed by atoms with Gasteiger partial charge in [0.2, 0.25) is 11.8 Å². The molecule has 0 saturated carbocycles. The van der Waals surface area contributed by atoms with Crippen LogP contribution in [0.5, 0.6) is 0 Å². The summed E-state index contributed by atoms with van der Waals surface area (Å²) < 4.78 is 6.81. The lowest BCUT2D eigenvalue weighted by atomic mass is 9.94. The molecule has 5 N–H and O–H groups in total. The summed E-state index contributed by atoms with van der Waals surface area (Å²) >= 11 is 1.51. The van der Waals surface area contributed by atoms with E-state index in [1.807, 2.05) is 51.1 Å². The fourth-order valence-corrected chi connectivity index (χ4v) is 5.25. The molecule has 0 aliphatic carbocycles. The van der Waals surface area contributed by atoms with E-state index in [2.05, 4.69) is 17.6 Å². The second-order valence-corrected chi connectivity index (χ2v) is 11.5. The molecule has 2 aromatic rings. The van der Waals surface area contributed by atoms with Crippen LogP contribution in [0, 0.1) is 11.8 Å². The maximum Gasteiger partial charge on any atom is 0.325 e. The number of benzene rings is 1. The lowest BCUT2D eigenvalue weighted by Crippen LogP contribution is -2.52. The van der Waals surface area contributed by atoms with Gasteiger partial charge < -0.3 is 26.2 Å². The van der Waals surface area contributed by atoms with E-state index in [1.165, 1.54) is 18.3 Å². The molecule has 1 aromatic carbocycles. The molecule has 0 saturated heterocycles. The minimum atomic E-state index is -1.18. The van der Waals surface area contributed by atoms with Crippen molar-refractivity contribution in [2.75, 3.05) is 0 Å². The van der Waals surface area contributed by atoms with Crippen LogP contribution in [0.1, 0.15) is 71.6 Å². The molecular weight excluding hydrogens is 518 g/mol. The minimum Gasteiger partial charge on any atom is -0.480 e. The lowest BCUT2D eigenvalue weighted by molar-refractivity contribution is -0.156. The van der Waals surface area contributed by atoms with Gasteiger partial charge in [-0.15, -0.1) is 11.3 Å². The van der Waals surface area contributed by atoms with Crippen molar-refractivity contribution in [1.29, 1.82) is 0 Å². The number of rotatable bonds is 16. The van der Waals surface area contributed by atoms with Crippen molar-refractivity contribution in [2.24, 2.45) is 17.6 Å². The summed E-state index contributed by atoms with van der Waals surface area (Å²) in [6, 6.07) is 6.84. The maximum absolute atomic E-state index is 13.2. The summed E-state index contributed by atoms with van der Waals surface area (Å²) in [5.74, 6) is -2.93. The van der Waals surface area contributed by atoms with Gasteiger partial charge in [-0.2, -0.15) is 0 Å². The lowest BCUT2D eigenvalue weighted by Gasteiger charge is -2.27. The minimum absolute atomic E-state index is 0.0662. The van der Waals surface area contributed by atoms with E-state index in [0.717, 1.165) is 40.6 Å². The van der Waals surface area contributed by atoms with Crippen LogP contribution in [0.25, 0.3) is 10.1 Å². The third-order valence-electron chi connectivity index (χ3n) is 7.09. The number of amides is 2. The van der Waals surface area contributed by atoms with Crippen LogP contribution in [-0.2, 0) is 30.3 Å². The van der Waals surface area contributed by atoms with E-state index in [1.54, 1.807) is 0 Å². The highest BCUT2D eigenvalue weighted by molar-refractivity contribution is 7.19. The monoisotopic (exact) mass is 561 g/mol.